The van der Waals surface area contributed by atoms with Crippen LogP contribution in [0.25, 0.3) is 0 Å². The molecule has 0 radical (unpaired) electrons. The number of amides is 1. The molecular weight excluding hydrogens is 269 g/mol. The van der Waals surface area contributed by atoms with E-state index < -0.39 is 0 Å². The number of nitrogens with zero attached hydrogens (tertiary/aromatic N) is 2. The standard InChI is InChI=1S/C16H16FN3O/c1-10-13-4-2-3-5-14(13)19-16(18-10)20-15(21)11-6-8-12(17)9-7-11/h6-9H,2-5H2,1H3,(H,18,19,20,21). The second kappa shape index (κ2) is 5.60. The van der Waals surface area contributed by atoms with Gasteiger partial charge in [-0.3, -0.25) is 10.1 Å². The van der Waals surface area contributed by atoms with E-state index in [0.29, 0.717) is 11.5 Å². The van der Waals surface area contributed by atoms with Crippen molar-refractivity contribution in [2.45, 2.75) is 32.6 Å². The molecule has 0 aliphatic heterocycles. The number of carbonyl (C=O) groups excluding carboxylic acids is 1. The summed E-state index contributed by atoms with van der Waals surface area (Å²) in [5, 5.41) is 2.69. The van der Waals surface area contributed by atoms with Gasteiger partial charge in [0.05, 0.1) is 0 Å². The van der Waals surface area contributed by atoms with Gasteiger partial charge < -0.3 is 0 Å². The molecule has 1 N–H and O–H groups in total. The molecule has 0 saturated heterocycles. The van der Waals surface area contributed by atoms with Crippen molar-refractivity contribution in [3.8, 4) is 0 Å². The Hall–Kier alpha value is -2.30. The van der Waals surface area contributed by atoms with Gasteiger partial charge in [0.15, 0.2) is 0 Å². The van der Waals surface area contributed by atoms with Crippen molar-refractivity contribution < 1.29 is 9.18 Å². The van der Waals surface area contributed by atoms with E-state index in [1.54, 1.807) is 0 Å². The Balaban J connectivity index is 1.83. The largest absolute Gasteiger partial charge is 0.290 e. The number of aryl methyl sites for hydroxylation is 2. The van der Waals surface area contributed by atoms with E-state index in [0.717, 1.165) is 30.7 Å². The molecule has 1 aliphatic rings. The maximum absolute atomic E-state index is 12.9. The molecule has 0 unspecified atom stereocenters. The van der Waals surface area contributed by atoms with E-state index in [4.69, 9.17) is 0 Å². The van der Waals surface area contributed by atoms with Gasteiger partial charge in [-0.25, -0.2) is 14.4 Å². The number of aromatic nitrogens is 2. The quantitative estimate of drug-likeness (QED) is 0.922. The molecule has 21 heavy (non-hydrogen) atoms. The highest BCUT2D eigenvalue weighted by atomic mass is 19.1. The fourth-order valence-corrected chi connectivity index (χ4v) is 2.61. The normalized spacial score (nSPS) is 13.6. The highest BCUT2D eigenvalue weighted by Crippen LogP contribution is 2.23. The van der Waals surface area contributed by atoms with Gasteiger partial charge in [-0.05, 0) is 62.4 Å². The summed E-state index contributed by atoms with van der Waals surface area (Å²) in [5.41, 5.74) is 3.55. The SMILES string of the molecule is Cc1nc(NC(=O)c2ccc(F)cc2)nc2c1CCCC2. The molecule has 2 aromatic rings. The number of anilines is 1. The highest BCUT2D eigenvalue weighted by molar-refractivity contribution is 6.03. The predicted molar refractivity (Wildman–Crippen MR) is 77.8 cm³/mol. The van der Waals surface area contributed by atoms with Crippen LogP contribution in [0.3, 0.4) is 0 Å². The van der Waals surface area contributed by atoms with E-state index in [2.05, 4.69) is 15.3 Å². The Morgan fingerprint density at radius 2 is 1.86 bits per heavy atom. The van der Waals surface area contributed by atoms with Crippen molar-refractivity contribution in [3.63, 3.8) is 0 Å². The molecule has 1 amide bonds. The number of nitrogens with one attached hydrogen (secondary N) is 1. The molecule has 1 aliphatic carbocycles. The third kappa shape index (κ3) is 2.91. The van der Waals surface area contributed by atoms with Crippen LogP contribution in [0.15, 0.2) is 24.3 Å². The van der Waals surface area contributed by atoms with Crippen molar-refractivity contribution in [3.05, 3.63) is 52.6 Å². The minimum Gasteiger partial charge on any atom is -0.290 e. The molecule has 0 atom stereocenters. The Labute approximate surface area is 122 Å². The highest BCUT2D eigenvalue weighted by Gasteiger charge is 2.16. The lowest BCUT2D eigenvalue weighted by molar-refractivity contribution is 0.102. The van der Waals surface area contributed by atoms with Gasteiger partial charge in [0.2, 0.25) is 5.95 Å². The van der Waals surface area contributed by atoms with Crippen molar-refractivity contribution in [1.82, 2.24) is 9.97 Å². The van der Waals surface area contributed by atoms with E-state index in [1.165, 1.54) is 36.2 Å². The van der Waals surface area contributed by atoms with Crippen LogP contribution in [0, 0.1) is 12.7 Å². The number of benzene rings is 1. The third-order valence-corrected chi connectivity index (χ3v) is 3.72. The van der Waals surface area contributed by atoms with E-state index in [9.17, 15) is 9.18 Å². The summed E-state index contributed by atoms with van der Waals surface area (Å²) in [6.07, 6.45) is 4.22. The molecule has 1 aromatic carbocycles. The Morgan fingerprint density at radius 1 is 1.14 bits per heavy atom. The number of rotatable bonds is 2. The van der Waals surface area contributed by atoms with Gasteiger partial charge in [-0.15, -0.1) is 0 Å². The fraction of sp³-hybridized carbons (Fsp3) is 0.312. The van der Waals surface area contributed by atoms with Gasteiger partial charge in [-0.1, -0.05) is 0 Å². The smallest absolute Gasteiger partial charge is 0.258 e. The maximum Gasteiger partial charge on any atom is 0.258 e. The lowest BCUT2D eigenvalue weighted by Crippen LogP contribution is -2.17. The molecule has 1 aromatic heterocycles. The Kier molecular flexibility index (Phi) is 3.64. The second-order valence-electron chi connectivity index (χ2n) is 5.23. The second-order valence-corrected chi connectivity index (χ2v) is 5.23. The molecular formula is C16H16FN3O. The molecule has 0 bridgehead atoms. The van der Waals surface area contributed by atoms with Crippen LogP contribution in [0.2, 0.25) is 0 Å². The minimum absolute atomic E-state index is 0.322. The molecule has 0 fully saturated rings. The zero-order valence-corrected chi connectivity index (χ0v) is 11.8. The first-order chi connectivity index (χ1) is 10.1. The molecule has 5 heteroatoms. The summed E-state index contributed by atoms with van der Waals surface area (Å²) in [4.78, 5) is 20.9. The average molecular weight is 285 g/mol. The molecule has 108 valence electrons. The van der Waals surface area contributed by atoms with Crippen molar-refractivity contribution >= 4 is 11.9 Å². The van der Waals surface area contributed by atoms with E-state index in [1.807, 2.05) is 6.92 Å². The summed E-state index contributed by atoms with van der Waals surface area (Å²) in [6, 6.07) is 5.40. The van der Waals surface area contributed by atoms with Crippen molar-refractivity contribution in [2.75, 3.05) is 5.32 Å². The summed E-state index contributed by atoms with van der Waals surface area (Å²) < 4.78 is 12.9. The van der Waals surface area contributed by atoms with Crippen molar-refractivity contribution in [2.24, 2.45) is 0 Å². The van der Waals surface area contributed by atoms with Gasteiger partial charge in [0, 0.05) is 17.0 Å². The zero-order chi connectivity index (χ0) is 14.8. The number of carbonyl (C=O) groups is 1. The summed E-state index contributed by atoms with van der Waals surface area (Å²) >= 11 is 0. The molecule has 4 nitrogen and oxygen atoms in total. The first-order valence-electron chi connectivity index (χ1n) is 7.07. The fourth-order valence-electron chi connectivity index (χ4n) is 2.61. The molecule has 3 rings (SSSR count). The average Bonchev–Trinajstić information content (AvgIpc) is 2.48. The van der Waals surface area contributed by atoms with Gasteiger partial charge in [0.1, 0.15) is 5.82 Å². The van der Waals surface area contributed by atoms with Gasteiger partial charge in [-0.2, -0.15) is 0 Å². The third-order valence-electron chi connectivity index (χ3n) is 3.72. The monoisotopic (exact) mass is 285 g/mol. The molecule has 1 heterocycles. The zero-order valence-electron chi connectivity index (χ0n) is 11.8. The van der Waals surface area contributed by atoms with E-state index in [-0.39, 0.29) is 11.7 Å². The van der Waals surface area contributed by atoms with E-state index >= 15 is 0 Å². The minimum atomic E-state index is -0.368. The molecule has 0 spiro atoms. The number of halogens is 1. The molecule has 0 saturated carbocycles. The number of hydrogen-bond acceptors (Lipinski definition) is 3. The lowest BCUT2D eigenvalue weighted by Gasteiger charge is -2.17. The number of fused-ring (bicyclic) bond motifs is 1. The van der Waals surface area contributed by atoms with Gasteiger partial charge >= 0.3 is 0 Å². The van der Waals surface area contributed by atoms with Crippen LogP contribution in [-0.2, 0) is 12.8 Å². The predicted octanol–water partition coefficient (Wildman–Crippen LogP) is 3.06. The van der Waals surface area contributed by atoms with Crippen molar-refractivity contribution in [1.29, 1.82) is 0 Å². The van der Waals surface area contributed by atoms with Gasteiger partial charge in [0.25, 0.3) is 5.91 Å². The van der Waals surface area contributed by atoms with Crippen LogP contribution >= 0.6 is 0 Å². The van der Waals surface area contributed by atoms with Crippen LogP contribution in [-0.4, -0.2) is 15.9 Å². The summed E-state index contributed by atoms with van der Waals surface area (Å²) in [5.74, 6) is -0.375. The topological polar surface area (TPSA) is 54.9 Å². The van der Waals surface area contributed by atoms with Crippen LogP contribution in [0.1, 0.15) is 40.2 Å². The summed E-state index contributed by atoms with van der Waals surface area (Å²) in [7, 11) is 0. The maximum atomic E-state index is 12.9. The number of hydrogen-bond donors (Lipinski definition) is 1. The Bertz CT molecular complexity index is 683. The van der Waals surface area contributed by atoms with Crippen LogP contribution in [0.4, 0.5) is 10.3 Å². The first-order valence-corrected chi connectivity index (χ1v) is 7.07. The van der Waals surface area contributed by atoms with Crippen LogP contribution < -0.4 is 5.32 Å². The van der Waals surface area contributed by atoms with Crippen LogP contribution in [0.5, 0.6) is 0 Å². The summed E-state index contributed by atoms with van der Waals surface area (Å²) in [6.45, 7) is 1.94. The Morgan fingerprint density at radius 3 is 2.62 bits per heavy atom. The lowest BCUT2D eigenvalue weighted by atomic mass is 9.95. The first kappa shape index (κ1) is 13.7.